The van der Waals surface area contributed by atoms with Gasteiger partial charge < -0.3 is 14.6 Å². The van der Waals surface area contributed by atoms with Crippen molar-refractivity contribution in [2.75, 3.05) is 4.90 Å². The van der Waals surface area contributed by atoms with Crippen molar-refractivity contribution in [2.24, 2.45) is 7.05 Å². The number of hydrogen-bond acceptors (Lipinski definition) is 4. The van der Waals surface area contributed by atoms with Crippen LogP contribution in [0.4, 0.5) is 14.5 Å². The highest BCUT2D eigenvalue weighted by Crippen LogP contribution is 2.45. The fraction of sp³-hybridized carbons (Fsp3) is 0.286. The normalized spacial score (nSPS) is 16.1. The van der Waals surface area contributed by atoms with Crippen molar-refractivity contribution in [3.8, 4) is 0 Å². The molecule has 8 heteroatoms. The number of alkyl halides is 2. The molecule has 0 fully saturated rings. The van der Waals surface area contributed by atoms with Crippen LogP contribution in [0.25, 0.3) is 0 Å². The highest BCUT2D eigenvalue weighted by Gasteiger charge is 2.55. The standard InChI is InChI=1S/C21H20F2N4O2/c1-13-6-4-9-16-17(13)11-27(18(16)28)15-8-5-7-14(10-15)20(2,29)21(22,23)19-25-24-12-26(19)3/h4-10,12,29H,11H2,1-3H3. The van der Waals surface area contributed by atoms with Gasteiger partial charge in [0.1, 0.15) is 6.33 Å². The van der Waals surface area contributed by atoms with Crippen LogP contribution >= 0.6 is 0 Å². The summed E-state index contributed by atoms with van der Waals surface area (Å²) < 4.78 is 31.3. The van der Waals surface area contributed by atoms with Crippen molar-refractivity contribution < 1.29 is 18.7 Å². The summed E-state index contributed by atoms with van der Waals surface area (Å²) >= 11 is 0. The number of carbonyl (C=O) groups excluding carboxylic acids is 1. The molecule has 2 aromatic carbocycles. The molecule has 1 N–H and O–H groups in total. The lowest BCUT2D eigenvalue weighted by molar-refractivity contribution is -0.191. The minimum absolute atomic E-state index is 0.0246. The maximum atomic E-state index is 15.1. The van der Waals surface area contributed by atoms with Crippen molar-refractivity contribution in [1.29, 1.82) is 0 Å². The van der Waals surface area contributed by atoms with E-state index in [-0.39, 0.29) is 11.5 Å². The minimum atomic E-state index is -3.70. The first-order valence-electron chi connectivity index (χ1n) is 9.10. The molecule has 3 aromatic rings. The topological polar surface area (TPSA) is 71.2 Å². The summed E-state index contributed by atoms with van der Waals surface area (Å²) in [5.41, 5.74) is 0.372. The van der Waals surface area contributed by atoms with Gasteiger partial charge in [-0.1, -0.05) is 24.3 Å². The largest absolute Gasteiger partial charge is 0.379 e. The Morgan fingerprint density at radius 1 is 1.17 bits per heavy atom. The number of rotatable bonds is 4. The fourth-order valence-corrected chi connectivity index (χ4v) is 3.64. The molecule has 0 bridgehead atoms. The van der Waals surface area contributed by atoms with Gasteiger partial charge in [0.25, 0.3) is 5.91 Å². The van der Waals surface area contributed by atoms with E-state index in [2.05, 4.69) is 10.2 Å². The van der Waals surface area contributed by atoms with Gasteiger partial charge in [-0.15, -0.1) is 10.2 Å². The van der Waals surface area contributed by atoms with Crippen LogP contribution in [-0.2, 0) is 25.1 Å². The van der Waals surface area contributed by atoms with E-state index >= 15 is 8.78 Å². The summed E-state index contributed by atoms with van der Waals surface area (Å²) in [6.45, 7) is 3.32. The lowest BCUT2D eigenvalue weighted by Gasteiger charge is -2.32. The SMILES string of the molecule is Cc1cccc2c1CN(c1cccc(C(C)(O)C(F)(F)c3nncn3C)c1)C2=O. The van der Waals surface area contributed by atoms with Crippen LogP contribution in [0.2, 0.25) is 0 Å². The number of nitrogens with zero attached hydrogens (tertiary/aromatic N) is 4. The van der Waals surface area contributed by atoms with Gasteiger partial charge in [-0.2, -0.15) is 8.78 Å². The number of aliphatic hydroxyl groups is 1. The van der Waals surface area contributed by atoms with Gasteiger partial charge in [-0.05, 0) is 48.7 Å². The van der Waals surface area contributed by atoms with Crippen LogP contribution in [0.1, 0.15) is 39.8 Å². The zero-order valence-electron chi connectivity index (χ0n) is 16.2. The number of hydrogen-bond donors (Lipinski definition) is 1. The summed E-state index contributed by atoms with van der Waals surface area (Å²) in [5.74, 6) is -4.54. The molecule has 1 aliphatic heterocycles. The first-order chi connectivity index (χ1) is 13.6. The molecule has 0 saturated carbocycles. The van der Waals surface area contributed by atoms with E-state index in [9.17, 15) is 9.90 Å². The summed E-state index contributed by atoms with van der Waals surface area (Å²) in [4.78, 5) is 14.4. The second kappa shape index (κ2) is 6.45. The zero-order valence-corrected chi connectivity index (χ0v) is 16.2. The Labute approximate surface area is 166 Å². The monoisotopic (exact) mass is 398 g/mol. The third-order valence-electron chi connectivity index (χ3n) is 5.53. The molecule has 0 spiro atoms. The molecule has 1 aromatic heterocycles. The van der Waals surface area contributed by atoms with E-state index in [4.69, 9.17) is 0 Å². The Morgan fingerprint density at radius 3 is 2.55 bits per heavy atom. The van der Waals surface area contributed by atoms with E-state index < -0.39 is 17.3 Å². The van der Waals surface area contributed by atoms with Crippen molar-refractivity contribution in [3.05, 3.63) is 76.9 Å². The Balaban J connectivity index is 1.72. The predicted octanol–water partition coefficient (Wildman–Crippen LogP) is 3.28. The minimum Gasteiger partial charge on any atom is -0.379 e. The molecule has 0 saturated heterocycles. The third-order valence-corrected chi connectivity index (χ3v) is 5.53. The zero-order chi connectivity index (χ0) is 21.0. The lowest BCUT2D eigenvalue weighted by atomic mass is 9.88. The number of carbonyl (C=O) groups is 1. The number of fused-ring (bicyclic) bond motifs is 1. The van der Waals surface area contributed by atoms with Crippen LogP contribution in [0.15, 0.2) is 48.8 Å². The van der Waals surface area contributed by atoms with Crippen LogP contribution in [0, 0.1) is 6.92 Å². The molecule has 29 heavy (non-hydrogen) atoms. The van der Waals surface area contributed by atoms with Gasteiger partial charge in [-0.25, -0.2) is 0 Å². The van der Waals surface area contributed by atoms with E-state index in [1.807, 2.05) is 19.1 Å². The number of aryl methyl sites for hydroxylation is 2. The van der Waals surface area contributed by atoms with Gasteiger partial charge in [0.05, 0.1) is 6.54 Å². The molecule has 0 radical (unpaired) electrons. The van der Waals surface area contributed by atoms with Crippen LogP contribution in [-0.4, -0.2) is 25.8 Å². The molecular formula is C21H20F2N4O2. The second-order valence-electron chi connectivity index (χ2n) is 7.45. The van der Waals surface area contributed by atoms with E-state index in [1.54, 1.807) is 18.2 Å². The van der Waals surface area contributed by atoms with E-state index in [0.717, 1.165) is 28.9 Å². The highest BCUT2D eigenvalue weighted by molar-refractivity contribution is 6.10. The molecule has 0 aliphatic carbocycles. The van der Waals surface area contributed by atoms with Crippen molar-refractivity contribution in [1.82, 2.24) is 14.8 Å². The van der Waals surface area contributed by atoms with Crippen molar-refractivity contribution >= 4 is 11.6 Å². The number of aromatic nitrogens is 3. The fourth-order valence-electron chi connectivity index (χ4n) is 3.64. The molecule has 4 rings (SSSR count). The van der Waals surface area contributed by atoms with Gasteiger partial charge in [0.15, 0.2) is 5.60 Å². The summed E-state index contributed by atoms with van der Waals surface area (Å²) in [5, 5.41) is 17.8. The van der Waals surface area contributed by atoms with Crippen molar-refractivity contribution in [2.45, 2.75) is 31.9 Å². The highest BCUT2D eigenvalue weighted by atomic mass is 19.3. The molecule has 1 aliphatic rings. The Morgan fingerprint density at radius 2 is 1.90 bits per heavy atom. The first-order valence-corrected chi connectivity index (χ1v) is 9.10. The van der Waals surface area contributed by atoms with Crippen LogP contribution in [0.3, 0.4) is 0 Å². The van der Waals surface area contributed by atoms with E-state index in [0.29, 0.717) is 17.8 Å². The predicted molar refractivity (Wildman–Crippen MR) is 103 cm³/mol. The van der Waals surface area contributed by atoms with Gasteiger partial charge in [0, 0.05) is 18.3 Å². The van der Waals surface area contributed by atoms with Gasteiger partial charge in [0.2, 0.25) is 5.82 Å². The van der Waals surface area contributed by atoms with Crippen molar-refractivity contribution in [3.63, 3.8) is 0 Å². The molecule has 150 valence electrons. The molecule has 1 atom stereocenters. The quantitative estimate of drug-likeness (QED) is 0.732. The molecule has 1 amide bonds. The molecule has 2 heterocycles. The molecule has 1 unspecified atom stereocenters. The first kappa shape index (κ1) is 19.2. The Kier molecular flexibility index (Phi) is 4.27. The number of benzene rings is 2. The summed E-state index contributed by atoms with van der Waals surface area (Å²) in [6, 6.07) is 11.5. The molecular weight excluding hydrogens is 378 g/mol. The van der Waals surface area contributed by atoms with Crippen LogP contribution < -0.4 is 4.90 Å². The lowest BCUT2D eigenvalue weighted by Crippen LogP contribution is -2.42. The smallest absolute Gasteiger partial charge is 0.338 e. The van der Waals surface area contributed by atoms with Gasteiger partial charge >= 0.3 is 5.92 Å². The average molecular weight is 398 g/mol. The molecule has 6 nitrogen and oxygen atoms in total. The number of anilines is 1. The Bertz CT molecular complexity index is 1110. The number of amides is 1. The average Bonchev–Trinajstić information content (AvgIpc) is 3.27. The maximum Gasteiger partial charge on any atom is 0.338 e. The third kappa shape index (κ3) is 2.82. The second-order valence-corrected chi connectivity index (χ2v) is 7.45. The number of halogens is 2. The summed E-state index contributed by atoms with van der Waals surface area (Å²) in [7, 11) is 1.39. The Hall–Kier alpha value is -3.13. The van der Waals surface area contributed by atoms with E-state index in [1.165, 1.54) is 24.1 Å². The summed E-state index contributed by atoms with van der Waals surface area (Å²) in [6.07, 6.45) is 1.15. The maximum absolute atomic E-state index is 15.1. The van der Waals surface area contributed by atoms with Crippen LogP contribution in [0.5, 0.6) is 0 Å². The van der Waals surface area contributed by atoms with Gasteiger partial charge in [-0.3, -0.25) is 4.79 Å².